The maximum absolute atomic E-state index is 12.1. The molecule has 1 aromatic rings. The van der Waals surface area contributed by atoms with Crippen LogP contribution in [0.5, 0.6) is 0 Å². The molecule has 0 bridgehead atoms. The van der Waals surface area contributed by atoms with Crippen LogP contribution in [0.4, 0.5) is 0 Å². The highest BCUT2D eigenvalue weighted by Crippen LogP contribution is 2.23. The molecule has 0 heterocycles. The highest BCUT2D eigenvalue weighted by atomic mass is 32.2. The third-order valence-corrected chi connectivity index (χ3v) is 7.61. The van der Waals surface area contributed by atoms with Gasteiger partial charge in [0, 0.05) is 40.6 Å². The van der Waals surface area contributed by atoms with Gasteiger partial charge in [0.15, 0.2) is 15.8 Å². The molecule has 2 N–H and O–H groups in total. The van der Waals surface area contributed by atoms with Gasteiger partial charge in [0.25, 0.3) is 0 Å². The molecule has 27 heavy (non-hydrogen) atoms. The number of guanidine groups is 1. The molecule has 1 aromatic carbocycles. The molecule has 152 valence electrons. The molecule has 0 spiro atoms. The fourth-order valence-electron chi connectivity index (χ4n) is 3.28. The van der Waals surface area contributed by atoms with Gasteiger partial charge < -0.3 is 10.6 Å². The van der Waals surface area contributed by atoms with E-state index in [4.69, 9.17) is 0 Å². The molecule has 2 rings (SSSR count). The average molecular weight is 414 g/mol. The number of rotatable bonds is 7. The van der Waals surface area contributed by atoms with Crippen LogP contribution in [0.15, 0.2) is 34.2 Å². The molecule has 0 radical (unpaired) electrons. The van der Waals surface area contributed by atoms with Gasteiger partial charge in [-0.15, -0.1) is 0 Å². The van der Waals surface area contributed by atoms with Crippen LogP contribution in [-0.4, -0.2) is 48.4 Å². The molecule has 3 unspecified atom stereocenters. The fraction of sp³-hybridized carbons (Fsp3) is 0.632. The Balaban J connectivity index is 2.00. The third kappa shape index (κ3) is 6.92. The van der Waals surface area contributed by atoms with Crippen molar-refractivity contribution in [3.05, 3.63) is 29.8 Å². The van der Waals surface area contributed by atoms with Crippen LogP contribution < -0.4 is 10.6 Å². The summed E-state index contributed by atoms with van der Waals surface area (Å²) in [5.41, 5.74) is 0.952. The Hall–Kier alpha value is -1.41. The molecule has 1 saturated carbocycles. The number of nitrogens with one attached hydrogen (secondary N) is 2. The Kier molecular flexibility index (Phi) is 8.28. The Morgan fingerprint density at radius 3 is 2.52 bits per heavy atom. The van der Waals surface area contributed by atoms with Crippen LogP contribution >= 0.6 is 0 Å². The van der Waals surface area contributed by atoms with Crippen LogP contribution in [0.1, 0.15) is 45.1 Å². The second kappa shape index (κ2) is 10.2. The van der Waals surface area contributed by atoms with Crippen molar-refractivity contribution < 1.29 is 12.6 Å². The zero-order valence-corrected chi connectivity index (χ0v) is 18.0. The molecule has 0 amide bonds. The number of nitrogens with zero attached hydrogens (tertiary/aromatic N) is 1. The van der Waals surface area contributed by atoms with E-state index in [0.29, 0.717) is 11.4 Å². The van der Waals surface area contributed by atoms with Gasteiger partial charge in [-0.1, -0.05) is 25.5 Å². The van der Waals surface area contributed by atoms with Gasteiger partial charge in [-0.05, 0) is 43.9 Å². The van der Waals surface area contributed by atoms with E-state index >= 15 is 0 Å². The molecule has 6 nitrogen and oxygen atoms in total. The largest absolute Gasteiger partial charge is 0.357 e. The minimum atomic E-state index is -3.18. The van der Waals surface area contributed by atoms with Crippen LogP contribution in [0.3, 0.4) is 0 Å². The number of hydrogen-bond donors (Lipinski definition) is 2. The summed E-state index contributed by atoms with van der Waals surface area (Å²) in [5, 5.41) is 7.01. The Morgan fingerprint density at radius 1 is 1.22 bits per heavy atom. The average Bonchev–Trinajstić information content (AvgIpc) is 2.65. The van der Waals surface area contributed by atoms with E-state index in [1.165, 1.54) is 6.26 Å². The first kappa shape index (κ1) is 21.9. The lowest BCUT2D eigenvalue weighted by Crippen LogP contribution is -2.46. The van der Waals surface area contributed by atoms with Crippen molar-refractivity contribution in [2.24, 2.45) is 4.99 Å². The predicted molar refractivity (Wildman–Crippen MR) is 112 cm³/mol. The summed E-state index contributed by atoms with van der Waals surface area (Å²) in [4.78, 5) is 4.95. The van der Waals surface area contributed by atoms with Gasteiger partial charge in [-0.2, -0.15) is 0 Å². The first-order valence-corrected chi connectivity index (χ1v) is 12.8. The number of sulfone groups is 1. The minimum absolute atomic E-state index is 0.271. The molecular formula is C19H31N3O3S2. The molecule has 0 aromatic heterocycles. The summed E-state index contributed by atoms with van der Waals surface area (Å²) in [6.07, 6.45) is 5.30. The van der Waals surface area contributed by atoms with Crippen molar-refractivity contribution in [1.82, 2.24) is 10.6 Å². The monoisotopic (exact) mass is 413 g/mol. The van der Waals surface area contributed by atoms with Crippen molar-refractivity contribution in [2.45, 2.75) is 62.3 Å². The predicted octanol–water partition coefficient (Wildman–Crippen LogP) is 2.22. The fourth-order valence-corrected chi connectivity index (χ4v) is 5.25. The highest BCUT2D eigenvalue weighted by Gasteiger charge is 2.26. The first-order chi connectivity index (χ1) is 12.8. The second-order valence-electron chi connectivity index (χ2n) is 6.91. The summed E-state index contributed by atoms with van der Waals surface area (Å²) in [5.74, 6) is 1.47. The van der Waals surface area contributed by atoms with E-state index < -0.39 is 20.6 Å². The molecule has 0 saturated heterocycles. The Morgan fingerprint density at radius 2 is 1.93 bits per heavy atom. The van der Waals surface area contributed by atoms with Crippen molar-refractivity contribution in [3.8, 4) is 0 Å². The molecule has 8 heteroatoms. The molecule has 1 aliphatic carbocycles. The Bertz CT molecular complexity index is 761. The van der Waals surface area contributed by atoms with Gasteiger partial charge in [-0.25, -0.2) is 13.4 Å². The maximum Gasteiger partial charge on any atom is 0.191 e. The second-order valence-corrected chi connectivity index (χ2v) is 10.9. The smallest absolute Gasteiger partial charge is 0.191 e. The molecule has 3 atom stereocenters. The van der Waals surface area contributed by atoms with Crippen LogP contribution in [0, 0.1) is 0 Å². The molecular weight excluding hydrogens is 382 g/mol. The zero-order chi connectivity index (χ0) is 19.9. The summed E-state index contributed by atoms with van der Waals surface area (Å²) in [7, 11) is -3.92. The summed E-state index contributed by atoms with van der Waals surface area (Å²) >= 11 is 0. The molecule has 1 fully saturated rings. The first-order valence-electron chi connectivity index (χ1n) is 9.54. The number of hydrogen-bond acceptors (Lipinski definition) is 4. The van der Waals surface area contributed by atoms with Crippen molar-refractivity contribution in [3.63, 3.8) is 0 Å². The van der Waals surface area contributed by atoms with Gasteiger partial charge in [0.1, 0.15) is 0 Å². The van der Waals surface area contributed by atoms with E-state index in [9.17, 15) is 12.6 Å². The minimum Gasteiger partial charge on any atom is -0.357 e. The van der Waals surface area contributed by atoms with Crippen molar-refractivity contribution in [2.75, 3.05) is 18.6 Å². The van der Waals surface area contributed by atoms with Crippen LogP contribution in [0.2, 0.25) is 0 Å². The lowest BCUT2D eigenvalue weighted by atomic mass is 9.95. The van der Waals surface area contributed by atoms with Crippen molar-refractivity contribution in [1.29, 1.82) is 0 Å². The lowest BCUT2D eigenvalue weighted by Gasteiger charge is -2.30. The van der Waals surface area contributed by atoms with Gasteiger partial charge in [-0.3, -0.25) is 4.21 Å². The van der Waals surface area contributed by atoms with Crippen molar-refractivity contribution >= 4 is 26.6 Å². The summed E-state index contributed by atoms with van der Waals surface area (Å²) in [6, 6.07) is 7.11. The Labute approximate surface area is 165 Å². The number of benzene rings is 1. The third-order valence-electron chi connectivity index (χ3n) is 4.74. The lowest BCUT2D eigenvalue weighted by molar-refractivity contribution is 0.413. The van der Waals surface area contributed by atoms with Gasteiger partial charge in [0.05, 0.1) is 11.4 Å². The SMILES string of the molecule is CCNC(=NCc1ccc(S(C)(=O)=O)cc1)NC1CCCC(S(=O)CC)C1. The van der Waals surface area contributed by atoms with Gasteiger partial charge >= 0.3 is 0 Å². The van der Waals surface area contributed by atoms with E-state index in [0.717, 1.165) is 49.5 Å². The molecule has 1 aliphatic rings. The highest BCUT2D eigenvalue weighted by molar-refractivity contribution is 7.90. The standard InChI is InChI=1S/C19H31N3O3S2/c1-4-20-19(22-16-7-6-8-17(13-16)26(23)5-2)21-14-15-9-11-18(12-10-15)27(3,24)25/h9-12,16-17H,4-8,13-14H2,1-3H3,(H2,20,21,22). The van der Waals surface area contributed by atoms with Gasteiger partial charge in [0.2, 0.25) is 0 Å². The normalized spacial score (nSPS) is 22.3. The zero-order valence-electron chi connectivity index (χ0n) is 16.4. The van der Waals surface area contributed by atoms with E-state index in [-0.39, 0.29) is 11.3 Å². The topological polar surface area (TPSA) is 87.6 Å². The van der Waals surface area contributed by atoms with E-state index in [2.05, 4.69) is 15.6 Å². The maximum atomic E-state index is 12.1. The summed E-state index contributed by atoms with van der Waals surface area (Å²) in [6.45, 7) is 5.23. The number of aliphatic imine (C=N–C) groups is 1. The van der Waals surface area contributed by atoms with Crippen LogP contribution in [-0.2, 0) is 27.2 Å². The quantitative estimate of drug-likeness (QED) is 0.529. The van der Waals surface area contributed by atoms with E-state index in [1.807, 2.05) is 13.8 Å². The van der Waals surface area contributed by atoms with Crippen LogP contribution in [0.25, 0.3) is 0 Å². The molecule has 0 aliphatic heterocycles. The van der Waals surface area contributed by atoms with E-state index in [1.54, 1.807) is 24.3 Å². The summed E-state index contributed by atoms with van der Waals surface area (Å²) < 4.78 is 35.2.